The first-order valence-corrected chi connectivity index (χ1v) is 7.16. The Hall–Kier alpha value is -0.860. The normalized spacial score (nSPS) is 15.0. The van der Waals surface area contributed by atoms with Crippen molar-refractivity contribution in [1.82, 2.24) is 0 Å². The van der Waals surface area contributed by atoms with E-state index in [-0.39, 0.29) is 0 Å². The van der Waals surface area contributed by atoms with E-state index in [4.69, 9.17) is 0 Å². The average molecular weight is 248 g/mol. The smallest absolute Gasteiger partial charge is 0.0960 e. The first-order valence-electron chi connectivity index (χ1n) is 6.35. The maximum atomic E-state index is 10.5. The second-order valence-corrected chi connectivity index (χ2v) is 5.96. The highest BCUT2D eigenvalue weighted by atomic mass is 32.1. The molecule has 17 heavy (non-hydrogen) atoms. The summed E-state index contributed by atoms with van der Waals surface area (Å²) in [6.45, 7) is 4.13. The fraction of sp³-hybridized carbons (Fsp3) is 0.467. The molecule has 0 saturated heterocycles. The van der Waals surface area contributed by atoms with Gasteiger partial charge >= 0.3 is 0 Å². The van der Waals surface area contributed by atoms with E-state index >= 15 is 0 Å². The second kappa shape index (κ2) is 5.19. The van der Waals surface area contributed by atoms with Crippen molar-refractivity contribution in [3.05, 3.63) is 35.2 Å². The van der Waals surface area contributed by atoms with E-state index in [0.717, 1.165) is 17.7 Å². The number of aliphatic hydroxyl groups is 1. The number of hydrogen-bond donors (Lipinski definition) is 1. The highest BCUT2D eigenvalue weighted by Crippen LogP contribution is 2.35. The lowest BCUT2D eigenvalue weighted by molar-refractivity contribution is 0.0488. The molecule has 0 saturated carbocycles. The Kier molecular flexibility index (Phi) is 3.85. The van der Waals surface area contributed by atoms with E-state index < -0.39 is 5.60 Å². The highest BCUT2D eigenvalue weighted by molar-refractivity contribution is 7.19. The Morgan fingerprint density at radius 3 is 2.71 bits per heavy atom. The lowest BCUT2D eigenvalue weighted by atomic mass is 9.96. The minimum Gasteiger partial charge on any atom is -0.385 e. The van der Waals surface area contributed by atoms with Crippen LogP contribution in [0.1, 0.15) is 44.4 Å². The molecule has 0 amide bonds. The van der Waals surface area contributed by atoms with E-state index in [1.165, 1.54) is 22.9 Å². The van der Waals surface area contributed by atoms with Gasteiger partial charge in [-0.2, -0.15) is 0 Å². The summed E-state index contributed by atoms with van der Waals surface area (Å²) in [4.78, 5) is 1.09. The molecule has 0 bridgehead atoms. The monoisotopic (exact) mass is 248 g/mol. The molecule has 92 valence electrons. The molecule has 1 atom stereocenters. The van der Waals surface area contributed by atoms with Crippen molar-refractivity contribution in [3.63, 3.8) is 0 Å². The number of benzene rings is 1. The molecule has 0 fully saturated rings. The van der Waals surface area contributed by atoms with Crippen LogP contribution in [0.15, 0.2) is 30.3 Å². The van der Waals surface area contributed by atoms with Gasteiger partial charge in [0.1, 0.15) is 0 Å². The van der Waals surface area contributed by atoms with Gasteiger partial charge in [0.2, 0.25) is 0 Å². The summed E-state index contributed by atoms with van der Waals surface area (Å²) >= 11 is 1.71. The summed E-state index contributed by atoms with van der Waals surface area (Å²) in [5.41, 5.74) is -0.668. The van der Waals surface area contributed by atoms with E-state index in [1.807, 2.05) is 13.0 Å². The Balaban J connectivity index is 2.19. The molecule has 2 rings (SSSR count). The molecule has 1 aromatic heterocycles. The van der Waals surface area contributed by atoms with Gasteiger partial charge in [0.25, 0.3) is 0 Å². The van der Waals surface area contributed by atoms with E-state index in [9.17, 15) is 5.11 Å². The van der Waals surface area contributed by atoms with Gasteiger partial charge in [0.05, 0.1) is 5.60 Å². The van der Waals surface area contributed by atoms with Gasteiger partial charge in [-0.05, 0) is 30.9 Å². The Bertz CT molecular complexity index is 451. The minimum atomic E-state index is -0.668. The van der Waals surface area contributed by atoms with Crippen LogP contribution in [0.5, 0.6) is 0 Å². The van der Waals surface area contributed by atoms with Crippen LogP contribution in [0.4, 0.5) is 0 Å². The van der Waals surface area contributed by atoms with Crippen molar-refractivity contribution in [2.75, 3.05) is 0 Å². The van der Waals surface area contributed by atoms with Crippen LogP contribution >= 0.6 is 11.3 Å². The third kappa shape index (κ3) is 2.88. The summed E-state index contributed by atoms with van der Waals surface area (Å²) < 4.78 is 1.26. The zero-order valence-electron chi connectivity index (χ0n) is 10.6. The Labute approximate surface area is 107 Å². The van der Waals surface area contributed by atoms with Crippen molar-refractivity contribution < 1.29 is 5.11 Å². The van der Waals surface area contributed by atoms with E-state index in [0.29, 0.717) is 0 Å². The zero-order chi connectivity index (χ0) is 12.3. The number of unbranched alkanes of at least 4 members (excludes halogenated alkanes) is 2. The molecule has 1 nitrogen and oxygen atoms in total. The average Bonchev–Trinajstić information content (AvgIpc) is 2.73. The Morgan fingerprint density at radius 2 is 2.00 bits per heavy atom. The number of thiophene rings is 1. The van der Waals surface area contributed by atoms with Crippen LogP contribution in [0.3, 0.4) is 0 Å². The molecule has 1 N–H and O–H groups in total. The minimum absolute atomic E-state index is 0.668. The maximum Gasteiger partial charge on any atom is 0.0960 e. The van der Waals surface area contributed by atoms with Crippen LogP contribution in [0, 0.1) is 0 Å². The molecule has 1 heterocycles. The molecule has 1 aromatic carbocycles. The van der Waals surface area contributed by atoms with Crippen molar-refractivity contribution in [1.29, 1.82) is 0 Å². The maximum absolute atomic E-state index is 10.5. The van der Waals surface area contributed by atoms with Gasteiger partial charge in [0, 0.05) is 9.58 Å². The fourth-order valence-corrected chi connectivity index (χ4v) is 3.23. The van der Waals surface area contributed by atoms with Crippen molar-refractivity contribution in [3.8, 4) is 0 Å². The van der Waals surface area contributed by atoms with Crippen LogP contribution in [0.25, 0.3) is 10.1 Å². The molecule has 0 aliphatic carbocycles. The molecule has 2 heteroatoms. The standard InChI is InChI=1S/C15H20OS/c1-3-4-7-10-15(2,16)14-11-12-8-5-6-9-13(12)17-14/h5-6,8-9,11,16H,3-4,7,10H2,1-2H3. The Morgan fingerprint density at radius 1 is 1.24 bits per heavy atom. The van der Waals surface area contributed by atoms with Gasteiger partial charge in [0.15, 0.2) is 0 Å². The van der Waals surface area contributed by atoms with Gasteiger partial charge in [-0.15, -0.1) is 11.3 Å². The van der Waals surface area contributed by atoms with E-state index in [2.05, 4.69) is 31.2 Å². The van der Waals surface area contributed by atoms with Crippen molar-refractivity contribution in [2.24, 2.45) is 0 Å². The SMILES string of the molecule is CCCCCC(C)(O)c1cc2ccccc2s1. The number of hydrogen-bond acceptors (Lipinski definition) is 2. The third-order valence-corrected chi connectivity index (χ3v) is 4.59. The lowest BCUT2D eigenvalue weighted by Gasteiger charge is -2.21. The first kappa shape index (κ1) is 12.6. The molecular weight excluding hydrogens is 228 g/mol. The summed E-state index contributed by atoms with van der Waals surface area (Å²) in [5.74, 6) is 0. The topological polar surface area (TPSA) is 20.2 Å². The molecule has 2 aromatic rings. The summed E-state index contributed by atoms with van der Waals surface area (Å²) in [6, 6.07) is 10.5. The second-order valence-electron chi connectivity index (χ2n) is 4.88. The van der Waals surface area contributed by atoms with Crippen LogP contribution < -0.4 is 0 Å². The quantitative estimate of drug-likeness (QED) is 0.761. The summed E-state index contributed by atoms with van der Waals surface area (Å²) in [5, 5.41) is 11.8. The van der Waals surface area contributed by atoms with Crippen molar-refractivity contribution in [2.45, 2.75) is 45.1 Å². The van der Waals surface area contributed by atoms with E-state index in [1.54, 1.807) is 11.3 Å². The van der Waals surface area contributed by atoms with Gasteiger partial charge in [-0.1, -0.05) is 44.4 Å². The number of rotatable bonds is 5. The zero-order valence-corrected chi connectivity index (χ0v) is 11.4. The molecule has 0 radical (unpaired) electrons. The van der Waals surface area contributed by atoms with Crippen LogP contribution in [-0.2, 0) is 5.60 Å². The number of fused-ring (bicyclic) bond motifs is 1. The van der Waals surface area contributed by atoms with Crippen molar-refractivity contribution >= 4 is 21.4 Å². The van der Waals surface area contributed by atoms with Gasteiger partial charge in [-0.3, -0.25) is 0 Å². The van der Waals surface area contributed by atoms with Crippen LogP contribution in [-0.4, -0.2) is 5.11 Å². The highest BCUT2D eigenvalue weighted by Gasteiger charge is 2.24. The summed E-state index contributed by atoms with van der Waals surface area (Å²) in [7, 11) is 0. The molecule has 0 spiro atoms. The largest absolute Gasteiger partial charge is 0.385 e. The molecule has 0 aliphatic heterocycles. The summed E-state index contributed by atoms with van der Waals surface area (Å²) in [6.07, 6.45) is 4.34. The predicted octanol–water partition coefficient (Wildman–Crippen LogP) is 4.69. The third-order valence-electron chi connectivity index (χ3n) is 3.22. The fourth-order valence-electron chi connectivity index (χ4n) is 2.09. The predicted molar refractivity (Wildman–Crippen MR) is 75.5 cm³/mol. The molecule has 1 unspecified atom stereocenters. The molecular formula is C15H20OS. The molecule has 0 aliphatic rings. The van der Waals surface area contributed by atoms with Gasteiger partial charge in [-0.25, -0.2) is 0 Å². The van der Waals surface area contributed by atoms with Crippen LogP contribution in [0.2, 0.25) is 0 Å². The first-order chi connectivity index (χ1) is 8.13. The van der Waals surface area contributed by atoms with Gasteiger partial charge < -0.3 is 5.11 Å². The lowest BCUT2D eigenvalue weighted by Crippen LogP contribution is -2.19.